The van der Waals surface area contributed by atoms with Crippen LogP contribution in [-0.4, -0.2) is 51.3 Å². The number of nitrogens with zero attached hydrogens (tertiary/aromatic N) is 3. The minimum atomic E-state index is -0.616. The smallest absolute Gasteiger partial charge is 0.163 e. The quantitative estimate of drug-likeness (QED) is 0.893. The maximum Gasteiger partial charge on any atom is 0.163 e. The van der Waals surface area contributed by atoms with Crippen LogP contribution in [0, 0.1) is 5.92 Å². The van der Waals surface area contributed by atoms with Crippen LogP contribution in [0.15, 0.2) is 18.6 Å². The van der Waals surface area contributed by atoms with Gasteiger partial charge in [0.25, 0.3) is 0 Å². The molecule has 7 nitrogen and oxygen atoms in total. The summed E-state index contributed by atoms with van der Waals surface area (Å²) in [6.07, 6.45) is 4.24. The largest absolute Gasteiger partial charge is 0.396 e. The molecule has 23 heavy (non-hydrogen) atoms. The maximum atomic E-state index is 9.71. The Morgan fingerprint density at radius 1 is 1.35 bits per heavy atom. The van der Waals surface area contributed by atoms with Gasteiger partial charge in [-0.1, -0.05) is 0 Å². The Morgan fingerprint density at radius 2 is 2.13 bits per heavy atom. The highest BCUT2D eigenvalue weighted by atomic mass is 16.8. The highest BCUT2D eigenvalue weighted by Gasteiger charge is 2.54. The van der Waals surface area contributed by atoms with Crippen molar-refractivity contribution < 1.29 is 14.6 Å². The van der Waals surface area contributed by atoms with E-state index < -0.39 is 5.79 Å². The van der Waals surface area contributed by atoms with Gasteiger partial charge < -0.3 is 24.5 Å². The minimum Gasteiger partial charge on any atom is -0.396 e. The summed E-state index contributed by atoms with van der Waals surface area (Å²) in [5.74, 6) is 0.274. The van der Waals surface area contributed by atoms with E-state index in [1.165, 1.54) is 0 Å². The molecule has 2 fully saturated rings. The minimum absolute atomic E-state index is 0.0780. The van der Waals surface area contributed by atoms with Crippen molar-refractivity contribution in [1.82, 2.24) is 14.5 Å². The van der Waals surface area contributed by atoms with Crippen molar-refractivity contribution in [2.24, 2.45) is 5.92 Å². The number of hydrogen-bond acceptors (Lipinski definition) is 6. The number of hydrogen-bond donors (Lipinski definition) is 2. The van der Waals surface area contributed by atoms with Gasteiger partial charge in [0, 0.05) is 25.8 Å². The Morgan fingerprint density at radius 3 is 2.87 bits per heavy atom. The van der Waals surface area contributed by atoms with Crippen molar-refractivity contribution in [2.45, 2.75) is 44.3 Å². The molecule has 1 aliphatic carbocycles. The third-order valence-corrected chi connectivity index (χ3v) is 4.89. The molecule has 3 heterocycles. The number of anilines is 1. The summed E-state index contributed by atoms with van der Waals surface area (Å²) in [6, 6.07) is 2.11. The third kappa shape index (κ3) is 2.22. The van der Waals surface area contributed by atoms with Crippen LogP contribution in [0.4, 0.5) is 5.82 Å². The average Bonchev–Trinajstić information content (AvgIpc) is 3.17. The van der Waals surface area contributed by atoms with E-state index in [0.717, 1.165) is 23.3 Å². The van der Waals surface area contributed by atoms with Gasteiger partial charge in [-0.2, -0.15) is 0 Å². The second-order valence-electron chi connectivity index (χ2n) is 6.74. The lowest BCUT2D eigenvalue weighted by molar-refractivity contribution is -0.161. The van der Waals surface area contributed by atoms with Gasteiger partial charge in [-0.15, -0.1) is 0 Å². The van der Waals surface area contributed by atoms with E-state index in [2.05, 4.69) is 19.9 Å². The van der Waals surface area contributed by atoms with Crippen molar-refractivity contribution in [2.75, 3.05) is 19.0 Å². The van der Waals surface area contributed by atoms with Crippen molar-refractivity contribution in [1.29, 1.82) is 0 Å². The molecule has 2 aliphatic rings. The third-order valence-electron chi connectivity index (χ3n) is 4.89. The van der Waals surface area contributed by atoms with Gasteiger partial charge >= 0.3 is 0 Å². The van der Waals surface area contributed by atoms with Crippen molar-refractivity contribution in [3.05, 3.63) is 18.6 Å². The fraction of sp³-hybridized carbons (Fsp3) is 0.625. The fourth-order valence-electron chi connectivity index (χ4n) is 3.95. The number of fused-ring (bicyclic) bond motifs is 2. The van der Waals surface area contributed by atoms with Crippen LogP contribution in [0.3, 0.4) is 0 Å². The summed E-state index contributed by atoms with van der Waals surface area (Å²) < 4.78 is 14.3. The lowest BCUT2D eigenvalue weighted by Gasteiger charge is -2.24. The summed E-state index contributed by atoms with van der Waals surface area (Å²) >= 11 is 0. The predicted molar refractivity (Wildman–Crippen MR) is 85.1 cm³/mol. The van der Waals surface area contributed by atoms with Gasteiger partial charge in [-0.25, -0.2) is 9.97 Å². The first-order chi connectivity index (χ1) is 11.0. The lowest BCUT2D eigenvalue weighted by atomic mass is 10.1. The van der Waals surface area contributed by atoms with Gasteiger partial charge in [0.15, 0.2) is 5.79 Å². The van der Waals surface area contributed by atoms with Crippen LogP contribution in [0.25, 0.3) is 11.0 Å². The molecule has 124 valence electrons. The molecule has 2 aromatic heterocycles. The molecule has 0 aromatic carbocycles. The highest BCUT2D eigenvalue weighted by molar-refractivity contribution is 5.87. The van der Waals surface area contributed by atoms with Crippen molar-refractivity contribution >= 4 is 16.9 Å². The Labute approximate surface area is 134 Å². The van der Waals surface area contributed by atoms with Gasteiger partial charge in [0.05, 0.1) is 17.5 Å². The molecular formula is C16H22N4O3. The molecule has 0 amide bonds. The second-order valence-corrected chi connectivity index (χ2v) is 6.74. The predicted octanol–water partition coefficient (Wildman–Crippen LogP) is 1.55. The van der Waals surface area contributed by atoms with Crippen molar-refractivity contribution in [3.8, 4) is 0 Å². The SMILES string of the molecule is CNc1ncnc2c1ccn2[C@@H]1C[C@H](CO)[C@H]2OC(C)(C)O[C@H]21. The molecule has 0 unspecified atom stereocenters. The maximum absolute atomic E-state index is 9.71. The summed E-state index contributed by atoms with van der Waals surface area (Å²) in [6.45, 7) is 3.95. The monoisotopic (exact) mass is 318 g/mol. The van der Waals surface area contributed by atoms with Crippen LogP contribution in [-0.2, 0) is 9.47 Å². The van der Waals surface area contributed by atoms with Crippen molar-refractivity contribution in [3.63, 3.8) is 0 Å². The summed E-state index contributed by atoms with van der Waals surface area (Å²) in [7, 11) is 1.85. The van der Waals surface area contributed by atoms with Gasteiger partial charge in [-0.3, -0.25) is 0 Å². The van der Waals surface area contributed by atoms with Crippen LogP contribution in [0.2, 0.25) is 0 Å². The Balaban J connectivity index is 1.76. The summed E-state index contributed by atoms with van der Waals surface area (Å²) in [5.41, 5.74) is 0.875. The van der Waals surface area contributed by atoms with E-state index in [0.29, 0.717) is 0 Å². The van der Waals surface area contributed by atoms with Gasteiger partial charge in [0.1, 0.15) is 23.9 Å². The zero-order valence-corrected chi connectivity index (χ0v) is 13.6. The summed E-state index contributed by atoms with van der Waals surface area (Å²) in [5, 5.41) is 13.8. The lowest BCUT2D eigenvalue weighted by Crippen LogP contribution is -2.27. The molecule has 4 atom stereocenters. The first-order valence-electron chi connectivity index (χ1n) is 8.00. The van der Waals surface area contributed by atoms with E-state index in [-0.39, 0.29) is 30.8 Å². The molecule has 0 radical (unpaired) electrons. The van der Waals surface area contributed by atoms with E-state index >= 15 is 0 Å². The topological polar surface area (TPSA) is 81.4 Å². The zero-order chi connectivity index (χ0) is 16.2. The van der Waals surface area contributed by atoms with E-state index in [1.54, 1.807) is 6.33 Å². The molecule has 1 aliphatic heterocycles. The van der Waals surface area contributed by atoms with Gasteiger partial charge in [0.2, 0.25) is 0 Å². The number of aliphatic hydroxyl groups excluding tert-OH is 1. The molecule has 2 aromatic rings. The first kappa shape index (κ1) is 14.9. The first-order valence-corrected chi connectivity index (χ1v) is 8.00. The Kier molecular flexibility index (Phi) is 3.33. The average molecular weight is 318 g/mol. The molecule has 0 spiro atoms. The number of nitrogens with one attached hydrogen (secondary N) is 1. The zero-order valence-electron chi connectivity index (χ0n) is 13.6. The number of aromatic nitrogens is 3. The van der Waals surface area contributed by atoms with Crippen LogP contribution in [0.5, 0.6) is 0 Å². The molecule has 1 saturated carbocycles. The molecule has 2 N–H and O–H groups in total. The highest BCUT2D eigenvalue weighted by Crippen LogP contribution is 2.47. The Hall–Kier alpha value is -1.70. The fourth-order valence-corrected chi connectivity index (χ4v) is 3.95. The number of ether oxygens (including phenoxy) is 2. The van der Waals surface area contributed by atoms with Crippen LogP contribution in [0.1, 0.15) is 26.3 Å². The van der Waals surface area contributed by atoms with Crippen LogP contribution >= 0.6 is 0 Å². The van der Waals surface area contributed by atoms with Crippen LogP contribution < -0.4 is 5.32 Å². The standard InChI is InChI=1S/C16H22N4O3/c1-16(2)22-12-9(7-21)6-11(13(12)23-16)20-5-4-10-14(17-3)18-8-19-15(10)20/h4-5,8-9,11-13,21H,6-7H2,1-3H3,(H,17,18,19)/t9-,11-,12-,13+/m1/s1. The Bertz CT molecular complexity index is 729. The molecule has 4 rings (SSSR count). The molecular weight excluding hydrogens is 296 g/mol. The van der Waals surface area contributed by atoms with Gasteiger partial charge in [-0.05, 0) is 26.3 Å². The normalized spacial score (nSPS) is 32.3. The van der Waals surface area contributed by atoms with E-state index in [1.807, 2.05) is 33.2 Å². The summed E-state index contributed by atoms with van der Waals surface area (Å²) in [4.78, 5) is 8.70. The van der Waals surface area contributed by atoms with E-state index in [9.17, 15) is 5.11 Å². The number of aliphatic hydroxyl groups is 1. The number of rotatable bonds is 3. The molecule has 0 bridgehead atoms. The second kappa shape index (κ2) is 5.15. The molecule has 7 heteroatoms. The molecule has 1 saturated heterocycles. The van der Waals surface area contributed by atoms with E-state index in [4.69, 9.17) is 9.47 Å².